The molecule has 0 aromatic heterocycles. The lowest BCUT2D eigenvalue weighted by atomic mass is 9.96. The predicted molar refractivity (Wildman–Crippen MR) is 118 cm³/mol. The van der Waals surface area contributed by atoms with Crippen molar-refractivity contribution in [1.82, 2.24) is 10.2 Å². The number of nitrogens with zero attached hydrogens (tertiary/aromatic N) is 1. The highest BCUT2D eigenvalue weighted by molar-refractivity contribution is 6.31. The van der Waals surface area contributed by atoms with Gasteiger partial charge in [0.05, 0.1) is 19.1 Å². The molecule has 0 unspecified atom stereocenters. The molecule has 2 heterocycles. The summed E-state index contributed by atoms with van der Waals surface area (Å²) in [6.07, 6.45) is 0. The molecule has 160 valence electrons. The second-order valence-corrected chi connectivity index (χ2v) is 8.85. The Morgan fingerprint density at radius 3 is 2.47 bits per heavy atom. The van der Waals surface area contributed by atoms with Gasteiger partial charge in [0.15, 0.2) is 0 Å². The topological polar surface area (TPSA) is 50.8 Å². The maximum atomic E-state index is 11.7. The van der Waals surface area contributed by atoms with Crippen LogP contribution in [-0.2, 0) is 22.7 Å². The van der Waals surface area contributed by atoms with E-state index in [-0.39, 0.29) is 11.8 Å². The molecule has 2 aromatic rings. The van der Waals surface area contributed by atoms with Gasteiger partial charge in [0, 0.05) is 37.6 Å². The Morgan fingerprint density at radius 2 is 1.87 bits per heavy atom. The highest BCUT2D eigenvalue weighted by atomic mass is 35.5. The van der Waals surface area contributed by atoms with Crippen LogP contribution in [0.15, 0.2) is 30.3 Å². The molecule has 2 aliphatic heterocycles. The molecular weight excluding hydrogens is 400 g/mol. The predicted octanol–water partition coefficient (Wildman–Crippen LogP) is 3.83. The zero-order valence-electron chi connectivity index (χ0n) is 17.8. The van der Waals surface area contributed by atoms with Gasteiger partial charge in [-0.1, -0.05) is 35.9 Å². The second-order valence-electron chi connectivity index (χ2n) is 8.44. The summed E-state index contributed by atoms with van der Waals surface area (Å²) in [5.74, 6) is 1.59. The number of hydrogen-bond donors (Lipinski definition) is 1. The Morgan fingerprint density at radius 1 is 1.17 bits per heavy atom. The number of likely N-dealkylation sites (tertiary alicyclic amines) is 1. The van der Waals surface area contributed by atoms with Crippen molar-refractivity contribution in [2.24, 2.45) is 5.92 Å². The third kappa shape index (κ3) is 4.48. The molecule has 1 N–H and O–H groups in total. The Bertz CT molecular complexity index is 913. The number of carbonyl (C=O) groups is 1. The van der Waals surface area contributed by atoms with Crippen LogP contribution in [0.3, 0.4) is 0 Å². The van der Waals surface area contributed by atoms with Crippen molar-refractivity contribution in [2.45, 2.75) is 32.9 Å². The number of aryl methyl sites for hydroxylation is 2. The van der Waals surface area contributed by atoms with Gasteiger partial charge in [-0.3, -0.25) is 9.69 Å². The third-order valence-electron chi connectivity index (χ3n) is 6.02. The van der Waals surface area contributed by atoms with E-state index in [2.05, 4.69) is 42.3 Å². The number of ether oxygens (including phenoxy) is 2. The summed E-state index contributed by atoms with van der Waals surface area (Å²) < 4.78 is 11.5. The number of benzene rings is 2. The molecule has 0 spiro atoms. The Hall–Kier alpha value is -2.08. The summed E-state index contributed by atoms with van der Waals surface area (Å²) in [5.41, 5.74) is 5.79. The fraction of sp³-hybridized carbons (Fsp3) is 0.458. The molecule has 2 aliphatic rings. The normalized spacial score (nSPS) is 17.3. The molecule has 2 fully saturated rings. The number of carbonyl (C=O) groups excluding carboxylic acids is 1. The average molecular weight is 429 g/mol. The summed E-state index contributed by atoms with van der Waals surface area (Å²) in [4.78, 5) is 14.0. The monoisotopic (exact) mass is 428 g/mol. The third-order valence-corrected chi connectivity index (χ3v) is 6.37. The summed E-state index contributed by atoms with van der Waals surface area (Å²) in [5, 5.41) is 3.53. The molecular formula is C24H29ClN2O3. The van der Waals surface area contributed by atoms with Gasteiger partial charge < -0.3 is 14.8 Å². The van der Waals surface area contributed by atoms with E-state index in [4.69, 9.17) is 21.1 Å². The maximum Gasteiger partial charge on any atom is 0.225 e. The summed E-state index contributed by atoms with van der Waals surface area (Å²) in [6.45, 7) is 8.68. The number of amides is 1. The number of rotatable bonds is 7. The van der Waals surface area contributed by atoms with Crippen molar-refractivity contribution < 1.29 is 14.3 Å². The molecule has 1 amide bonds. The van der Waals surface area contributed by atoms with Crippen LogP contribution in [-0.4, -0.2) is 44.2 Å². The number of halogens is 1. The highest BCUT2D eigenvalue weighted by Crippen LogP contribution is 2.32. The van der Waals surface area contributed by atoms with Gasteiger partial charge in [0.2, 0.25) is 5.91 Å². The molecule has 0 atom stereocenters. The lowest BCUT2D eigenvalue weighted by Gasteiger charge is -2.38. The summed E-state index contributed by atoms with van der Waals surface area (Å²) >= 11 is 6.36. The zero-order valence-corrected chi connectivity index (χ0v) is 18.6. The average Bonchev–Trinajstić information content (AvgIpc) is 2.64. The molecule has 5 nitrogen and oxygen atoms in total. The fourth-order valence-electron chi connectivity index (χ4n) is 4.25. The van der Waals surface area contributed by atoms with Gasteiger partial charge in [-0.25, -0.2) is 0 Å². The van der Waals surface area contributed by atoms with Crippen LogP contribution >= 0.6 is 11.6 Å². The summed E-state index contributed by atoms with van der Waals surface area (Å²) in [7, 11) is 1.70. The molecule has 6 heteroatoms. The van der Waals surface area contributed by atoms with Gasteiger partial charge in [-0.05, 0) is 47.7 Å². The molecule has 0 aliphatic carbocycles. The minimum Gasteiger partial charge on any atom is -0.488 e. The van der Waals surface area contributed by atoms with Crippen molar-refractivity contribution in [3.63, 3.8) is 0 Å². The van der Waals surface area contributed by atoms with E-state index < -0.39 is 0 Å². The van der Waals surface area contributed by atoms with Crippen LogP contribution in [0, 0.1) is 19.8 Å². The van der Waals surface area contributed by atoms with E-state index in [9.17, 15) is 4.79 Å². The molecule has 0 saturated carbocycles. The van der Waals surface area contributed by atoms with Crippen LogP contribution in [0.25, 0.3) is 0 Å². The van der Waals surface area contributed by atoms with Gasteiger partial charge in [-0.15, -0.1) is 0 Å². The van der Waals surface area contributed by atoms with Gasteiger partial charge in [-0.2, -0.15) is 0 Å². The molecule has 0 bridgehead atoms. The van der Waals surface area contributed by atoms with E-state index >= 15 is 0 Å². The molecule has 4 rings (SSSR count). The first-order valence-corrected chi connectivity index (χ1v) is 10.9. The first kappa shape index (κ1) is 21.2. The quantitative estimate of drug-likeness (QED) is 0.728. The lowest BCUT2D eigenvalue weighted by Crippen LogP contribution is -2.52. The largest absolute Gasteiger partial charge is 0.488 e. The van der Waals surface area contributed by atoms with Crippen molar-refractivity contribution in [3.05, 3.63) is 63.2 Å². The smallest absolute Gasteiger partial charge is 0.225 e. The van der Waals surface area contributed by atoms with Crippen molar-refractivity contribution in [2.75, 3.05) is 33.4 Å². The van der Waals surface area contributed by atoms with Crippen LogP contribution in [0.1, 0.15) is 33.7 Å². The number of nitrogens with one attached hydrogen (secondary N) is 1. The zero-order chi connectivity index (χ0) is 21.3. The SMILES string of the molecule is CNC(=O)C1CN(Cc2cc(C)c(OCc3ccc(Cl)c(C4COC4)c3)c(C)c2)C1. The first-order chi connectivity index (χ1) is 14.4. The fourth-order valence-corrected chi connectivity index (χ4v) is 4.52. The molecule has 2 saturated heterocycles. The molecule has 30 heavy (non-hydrogen) atoms. The Balaban J connectivity index is 1.38. The Kier molecular flexibility index (Phi) is 6.32. The second kappa shape index (κ2) is 8.96. The minimum atomic E-state index is 0.121. The molecule has 0 radical (unpaired) electrons. The minimum absolute atomic E-state index is 0.121. The first-order valence-electron chi connectivity index (χ1n) is 10.5. The van der Waals surface area contributed by atoms with Crippen LogP contribution in [0.2, 0.25) is 5.02 Å². The van der Waals surface area contributed by atoms with Crippen LogP contribution < -0.4 is 10.1 Å². The van der Waals surface area contributed by atoms with Gasteiger partial charge >= 0.3 is 0 Å². The van der Waals surface area contributed by atoms with E-state index in [0.29, 0.717) is 12.5 Å². The van der Waals surface area contributed by atoms with Crippen molar-refractivity contribution in [1.29, 1.82) is 0 Å². The van der Waals surface area contributed by atoms with Crippen molar-refractivity contribution >= 4 is 17.5 Å². The lowest BCUT2D eigenvalue weighted by molar-refractivity contribution is -0.129. The Labute approximate surface area is 183 Å². The van der Waals surface area contributed by atoms with E-state index in [1.54, 1.807) is 7.05 Å². The van der Waals surface area contributed by atoms with Crippen molar-refractivity contribution in [3.8, 4) is 5.75 Å². The summed E-state index contributed by atoms with van der Waals surface area (Å²) in [6, 6.07) is 10.5. The van der Waals surface area contributed by atoms with E-state index in [0.717, 1.165) is 65.9 Å². The van der Waals surface area contributed by atoms with Gasteiger partial charge in [0.1, 0.15) is 12.4 Å². The molecule has 2 aromatic carbocycles. The maximum absolute atomic E-state index is 11.7. The van der Waals surface area contributed by atoms with Crippen LogP contribution in [0.4, 0.5) is 0 Å². The number of hydrogen-bond acceptors (Lipinski definition) is 4. The van der Waals surface area contributed by atoms with E-state index in [1.807, 2.05) is 12.1 Å². The van der Waals surface area contributed by atoms with Gasteiger partial charge in [0.25, 0.3) is 0 Å². The highest BCUT2D eigenvalue weighted by Gasteiger charge is 2.31. The standard InChI is InChI=1S/C24H29ClN2O3/c1-15-6-18(9-27-10-19(11-27)24(28)26-3)7-16(2)23(15)30-12-17-4-5-22(25)21(8-17)20-13-29-14-20/h4-8,19-20H,9-14H2,1-3H3,(H,26,28). The van der Waals surface area contributed by atoms with E-state index in [1.165, 1.54) is 5.56 Å². The van der Waals surface area contributed by atoms with Crippen LogP contribution in [0.5, 0.6) is 5.75 Å².